The van der Waals surface area contributed by atoms with Crippen molar-refractivity contribution in [2.45, 2.75) is 14.4 Å². The monoisotopic (exact) mass is 271 g/mol. The zero-order valence-corrected chi connectivity index (χ0v) is 11.8. The second-order valence-electron chi connectivity index (χ2n) is 4.70. The van der Waals surface area contributed by atoms with E-state index in [9.17, 15) is 0 Å². The van der Waals surface area contributed by atoms with Crippen LogP contribution in [0.25, 0.3) is 0 Å². The summed E-state index contributed by atoms with van der Waals surface area (Å²) in [6.45, 7) is 2.05. The van der Waals surface area contributed by atoms with Crippen molar-refractivity contribution in [3.05, 3.63) is 48.2 Å². The summed E-state index contributed by atoms with van der Waals surface area (Å²) < 4.78 is 2.01. The Morgan fingerprint density at radius 1 is 0.950 bits per heavy atom. The molecule has 20 heavy (non-hydrogen) atoms. The standard InChI is InChI=1S/C15H19N4.CH4/c1-12-6-5-7-15(19(12)4)17-16-13-8-10-14(11-9-13)18(2)3;/h5-11H,1-4H3;1H4/q+1;. The third-order valence-electron chi connectivity index (χ3n) is 3.09. The number of azo groups is 1. The molecule has 2 aromatic rings. The molecule has 106 valence electrons. The molecule has 0 atom stereocenters. The van der Waals surface area contributed by atoms with Crippen LogP contribution in [0.3, 0.4) is 0 Å². The highest BCUT2D eigenvalue weighted by Gasteiger charge is 2.07. The molecule has 0 radical (unpaired) electrons. The zero-order valence-electron chi connectivity index (χ0n) is 11.8. The van der Waals surface area contributed by atoms with E-state index < -0.39 is 0 Å². The number of pyridine rings is 1. The highest BCUT2D eigenvalue weighted by atomic mass is 15.2. The molecule has 0 amide bonds. The fourth-order valence-electron chi connectivity index (χ4n) is 1.70. The fourth-order valence-corrected chi connectivity index (χ4v) is 1.70. The van der Waals surface area contributed by atoms with Crippen LogP contribution < -0.4 is 9.47 Å². The fraction of sp³-hybridized carbons (Fsp3) is 0.312. The Balaban J connectivity index is 0.00000200. The van der Waals surface area contributed by atoms with Gasteiger partial charge in [-0.15, -0.1) is 0 Å². The summed E-state index contributed by atoms with van der Waals surface area (Å²) in [7, 11) is 6.02. The van der Waals surface area contributed by atoms with Gasteiger partial charge in [0.25, 0.3) is 0 Å². The molecule has 0 bridgehead atoms. The molecule has 1 aromatic heterocycles. The average Bonchev–Trinajstić information content (AvgIpc) is 2.41. The maximum Gasteiger partial charge on any atom is 0.350 e. The molecular weight excluding hydrogens is 248 g/mol. The topological polar surface area (TPSA) is 31.8 Å². The molecule has 0 N–H and O–H groups in total. The number of hydrogen-bond acceptors (Lipinski definition) is 3. The van der Waals surface area contributed by atoms with Crippen molar-refractivity contribution in [3.8, 4) is 0 Å². The highest BCUT2D eigenvalue weighted by molar-refractivity contribution is 5.51. The quantitative estimate of drug-likeness (QED) is 0.614. The van der Waals surface area contributed by atoms with Crippen molar-refractivity contribution in [2.75, 3.05) is 19.0 Å². The van der Waals surface area contributed by atoms with Crippen molar-refractivity contribution >= 4 is 17.2 Å². The van der Waals surface area contributed by atoms with Gasteiger partial charge in [0.05, 0.1) is 12.2 Å². The van der Waals surface area contributed by atoms with Crippen LogP contribution in [0, 0.1) is 6.92 Å². The van der Waals surface area contributed by atoms with Gasteiger partial charge < -0.3 is 4.90 Å². The minimum absolute atomic E-state index is 0. The Morgan fingerprint density at radius 3 is 2.20 bits per heavy atom. The van der Waals surface area contributed by atoms with E-state index in [0.717, 1.165) is 22.9 Å². The van der Waals surface area contributed by atoms with E-state index in [-0.39, 0.29) is 7.43 Å². The number of hydrogen-bond donors (Lipinski definition) is 0. The van der Waals surface area contributed by atoms with Crippen LogP contribution in [0.1, 0.15) is 13.1 Å². The van der Waals surface area contributed by atoms with Crippen molar-refractivity contribution in [1.29, 1.82) is 0 Å². The molecule has 0 unspecified atom stereocenters. The normalized spacial score (nSPS) is 10.4. The summed E-state index contributed by atoms with van der Waals surface area (Å²) in [6, 6.07) is 14.0. The predicted molar refractivity (Wildman–Crippen MR) is 84.0 cm³/mol. The van der Waals surface area contributed by atoms with Crippen LogP contribution in [0.2, 0.25) is 0 Å². The Hall–Kier alpha value is -2.23. The average molecular weight is 271 g/mol. The molecule has 0 spiro atoms. The van der Waals surface area contributed by atoms with Gasteiger partial charge in [0.2, 0.25) is 0 Å². The smallest absolute Gasteiger partial charge is 0.350 e. The van der Waals surface area contributed by atoms with Gasteiger partial charge >= 0.3 is 5.82 Å². The van der Waals surface area contributed by atoms with Gasteiger partial charge in [-0.25, -0.2) is 4.57 Å². The first kappa shape index (κ1) is 15.8. The molecular formula is C16H23N4+. The Kier molecular flexibility index (Phi) is 5.38. The largest absolute Gasteiger partial charge is 0.378 e. The molecule has 0 aliphatic rings. The van der Waals surface area contributed by atoms with E-state index in [2.05, 4.69) is 15.1 Å². The molecule has 1 aromatic carbocycles. The van der Waals surface area contributed by atoms with Crippen molar-refractivity contribution in [3.63, 3.8) is 0 Å². The lowest BCUT2D eigenvalue weighted by Gasteiger charge is -2.11. The zero-order chi connectivity index (χ0) is 13.8. The minimum Gasteiger partial charge on any atom is -0.378 e. The van der Waals surface area contributed by atoms with Crippen LogP contribution in [-0.4, -0.2) is 14.1 Å². The van der Waals surface area contributed by atoms with E-state index in [1.165, 1.54) is 0 Å². The summed E-state index contributed by atoms with van der Waals surface area (Å²) in [5, 5.41) is 8.55. The van der Waals surface area contributed by atoms with Crippen molar-refractivity contribution in [2.24, 2.45) is 17.3 Å². The lowest BCUT2D eigenvalue weighted by Crippen LogP contribution is -2.31. The second kappa shape index (κ2) is 6.80. The highest BCUT2D eigenvalue weighted by Crippen LogP contribution is 2.19. The first-order chi connectivity index (χ1) is 9.08. The number of anilines is 1. The van der Waals surface area contributed by atoms with Crippen LogP contribution in [-0.2, 0) is 7.05 Å². The van der Waals surface area contributed by atoms with Crippen molar-refractivity contribution < 1.29 is 4.57 Å². The Bertz CT molecular complexity index is 586. The maximum atomic E-state index is 4.29. The number of nitrogens with zero attached hydrogens (tertiary/aromatic N) is 4. The first-order valence-electron chi connectivity index (χ1n) is 6.23. The summed E-state index contributed by atoms with van der Waals surface area (Å²) in [5.74, 6) is 0.844. The van der Waals surface area contributed by atoms with E-state index >= 15 is 0 Å². The third kappa shape index (κ3) is 3.63. The summed E-state index contributed by atoms with van der Waals surface area (Å²) in [5.41, 5.74) is 3.16. The van der Waals surface area contributed by atoms with Crippen LogP contribution in [0.15, 0.2) is 52.7 Å². The maximum absolute atomic E-state index is 4.29. The van der Waals surface area contributed by atoms with Gasteiger partial charge in [0.1, 0.15) is 11.4 Å². The van der Waals surface area contributed by atoms with Gasteiger partial charge in [-0.1, -0.05) is 13.5 Å². The third-order valence-corrected chi connectivity index (χ3v) is 3.09. The van der Waals surface area contributed by atoms with Crippen LogP contribution in [0.5, 0.6) is 0 Å². The summed E-state index contributed by atoms with van der Waals surface area (Å²) >= 11 is 0. The van der Waals surface area contributed by atoms with E-state index in [1.807, 2.05) is 75.1 Å². The van der Waals surface area contributed by atoms with Gasteiger partial charge in [-0.3, -0.25) is 0 Å². The second-order valence-corrected chi connectivity index (χ2v) is 4.70. The molecule has 4 heteroatoms. The molecule has 2 rings (SSSR count). The van der Waals surface area contributed by atoms with Crippen molar-refractivity contribution in [1.82, 2.24) is 0 Å². The molecule has 1 heterocycles. The minimum atomic E-state index is 0. The number of aryl methyl sites for hydroxylation is 1. The SMILES string of the molecule is C.Cc1cccc(N=Nc2ccc(N(C)C)cc2)[n+]1C. The van der Waals surface area contributed by atoms with Gasteiger partial charge in [-0.05, 0) is 42.4 Å². The predicted octanol–water partition coefficient (Wildman–Crippen LogP) is 3.94. The summed E-state index contributed by atoms with van der Waals surface area (Å²) in [4.78, 5) is 2.06. The number of rotatable bonds is 3. The van der Waals surface area contributed by atoms with Crippen LogP contribution >= 0.6 is 0 Å². The van der Waals surface area contributed by atoms with Gasteiger partial charge in [-0.2, -0.15) is 0 Å². The molecule has 0 aliphatic carbocycles. The summed E-state index contributed by atoms with van der Waals surface area (Å²) in [6.07, 6.45) is 0. The van der Waals surface area contributed by atoms with E-state index in [1.54, 1.807) is 0 Å². The molecule has 0 saturated heterocycles. The first-order valence-corrected chi connectivity index (χ1v) is 6.23. The Labute approximate surface area is 121 Å². The van der Waals surface area contributed by atoms with Gasteiger partial charge in [0, 0.05) is 25.8 Å². The Morgan fingerprint density at radius 2 is 1.60 bits per heavy atom. The number of benzene rings is 1. The van der Waals surface area contributed by atoms with E-state index in [4.69, 9.17) is 0 Å². The molecule has 4 nitrogen and oxygen atoms in total. The molecule has 0 fully saturated rings. The van der Waals surface area contributed by atoms with Gasteiger partial charge in [0.15, 0.2) is 0 Å². The van der Waals surface area contributed by atoms with Crippen LogP contribution in [0.4, 0.5) is 17.2 Å². The molecule has 0 saturated carbocycles. The number of aromatic nitrogens is 1. The van der Waals surface area contributed by atoms with E-state index in [0.29, 0.717) is 0 Å². The lowest BCUT2D eigenvalue weighted by atomic mass is 10.3. The lowest BCUT2D eigenvalue weighted by molar-refractivity contribution is -0.664. The molecule has 0 aliphatic heterocycles.